The molecule has 0 amide bonds. The highest BCUT2D eigenvalue weighted by atomic mass is 16.5. The van der Waals surface area contributed by atoms with E-state index in [1.165, 1.54) is 0 Å². The molecule has 0 aliphatic carbocycles. The highest BCUT2D eigenvalue weighted by Crippen LogP contribution is 2.21. The molecule has 1 atom stereocenters. The molecular weight excluding hydrogens is 238 g/mol. The lowest BCUT2D eigenvalue weighted by Crippen LogP contribution is -2.05. The molecule has 0 saturated heterocycles. The third-order valence-electron chi connectivity index (χ3n) is 2.71. The summed E-state index contributed by atoms with van der Waals surface area (Å²) in [5, 5.41) is 8.59. The van der Waals surface area contributed by atoms with E-state index in [1.807, 2.05) is 37.3 Å². The number of nitriles is 1. The first-order valence-corrected chi connectivity index (χ1v) is 6.04. The van der Waals surface area contributed by atoms with Crippen LogP contribution in [0.1, 0.15) is 24.1 Å². The van der Waals surface area contributed by atoms with Crippen molar-refractivity contribution in [3.8, 4) is 17.7 Å². The van der Waals surface area contributed by atoms with Gasteiger partial charge in [0.1, 0.15) is 5.75 Å². The van der Waals surface area contributed by atoms with Gasteiger partial charge in [0.05, 0.1) is 12.5 Å². The van der Waals surface area contributed by atoms with Gasteiger partial charge in [-0.25, -0.2) is 4.98 Å². The van der Waals surface area contributed by atoms with Gasteiger partial charge in [-0.2, -0.15) is 5.26 Å². The van der Waals surface area contributed by atoms with Crippen molar-refractivity contribution < 1.29 is 4.74 Å². The second-order valence-corrected chi connectivity index (χ2v) is 4.30. The van der Waals surface area contributed by atoms with Gasteiger partial charge in [0, 0.05) is 18.3 Å². The number of nitrogens with zero attached hydrogens (tertiary/aromatic N) is 2. The summed E-state index contributed by atoms with van der Waals surface area (Å²) >= 11 is 0. The van der Waals surface area contributed by atoms with Crippen LogP contribution in [0, 0.1) is 11.3 Å². The first-order chi connectivity index (χ1) is 9.19. The van der Waals surface area contributed by atoms with E-state index >= 15 is 0 Å². The number of ether oxygens (including phenoxy) is 1. The maximum Gasteiger partial charge on any atom is 0.219 e. The summed E-state index contributed by atoms with van der Waals surface area (Å²) < 4.78 is 5.61. The molecular formula is C15H15N3O. The lowest BCUT2D eigenvalue weighted by atomic mass is 10.1. The van der Waals surface area contributed by atoms with Crippen molar-refractivity contribution >= 4 is 0 Å². The van der Waals surface area contributed by atoms with E-state index in [9.17, 15) is 0 Å². The quantitative estimate of drug-likeness (QED) is 0.909. The van der Waals surface area contributed by atoms with Crippen molar-refractivity contribution in [2.24, 2.45) is 5.73 Å². The number of aromatic nitrogens is 1. The van der Waals surface area contributed by atoms with Crippen LogP contribution in [0.3, 0.4) is 0 Å². The van der Waals surface area contributed by atoms with Crippen LogP contribution in [0.4, 0.5) is 0 Å². The van der Waals surface area contributed by atoms with Crippen molar-refractivity contribution in [2.45, 2.75) is 19.4 Å². The summed E-state index contributed by atoms with van der Waals surface area (Å²) in [5.74, 6) is 1.22. The van der Waals surface area contributed by atoms with Gasteiger partial charge >= 0.3 is 0 Å². The van der Waals surface area contributed by atoms with Gasteiger partial charge in [0.25, 0.3) is 0 Å². The van der Waals surface area contributed by atoms with E-state index in [-0.39, 0.29) is 6.04 Å². The van der Waals surface area contributed by atoms with Crippen molar-refractivity contribution in [2.75, 3.05) is 0 Å². The number of benzene rings is 1. The molecule has 0 spiro atoms. The molecule has 1 heterocycles. The number of rotatable bonds is 4. The van der Waals surface area contributed by atoms with Gasteiger partial charge < -0.3 is 10.5 Å². The van der Waals surface area contributed by atoms with Gasteiger partial charge in [0.15, 0.2) is 0 Å². The Hall–Kier alpha value is -2.38. The van der Waals surface area contributed by atoms with Crippen LogP contribution < -0.4 is 10.5 Å². The van der Waals surface area contributed by atoms with Crippen molar-refractivity contribution in [3.05, 3.63) is 53.7 Å². The van der Waals surface area contributed by atoms with Crippen LogP contribution in [0.2, 0.25) is 0 Å². The minimum Gasteiger partial charge on any atom is -0.439 e. The predicted octanol–water partition coefficient (Wildman–Crippen LogP) is 2.96. The maximum atomic E-state index is 8.59. The van der Waals surface area contributed by atoms with Gasteiger partial charge in [0.2, 0.25) is 5.88 Å². The summed E-state index contributed by atoms with van der Waals surface area (Å²) in [6.07, 6.45) is 2.12. The minimum absolute atomic E-state index is 0.0354. The number of hydrogen-bond donors (Lipinski definition) is 1. The Morgan fingerprint density at radius 2 is 2.00 bits per heavy atom. The molecule has 2 rings (SSSR count). The molecule has 96 valence electrons. The van der Waals surface area contributed by atoms with Gasteiger partial charge in [-0.05, 0) is 30.2 Å². The fourth-order valence-electron chi connectivity index (χ4n) is 1.61. The van der Waals surface area contributed by atoms with E-state index in [0.29, 0.717) is 18.1 Å². The zero-order chi connectivity index (χ0) is 13.7. The average Bonchev–Trinajstić information content (AvgIpc) is 2.42. The molecule has 0 bridgehead atoms. The second-order valence-electron chi connectivity index (χ2n) is 4.30. The standard InChI is InChI=1S/C15H15N3O/c1-11(17)13-4-7-15(18-10-13)19-14-5-2-12(3-6-14)8-9-16/h2-7,10-11H,8,17H2,1H3. The molecule has 0 aliphatic heterocycles. The highest BCUT2D eigenvalue weighted by Gasteiger charge is 2.02. The van der Waals surface area contributed by atoms with Crippen molar-refractivity contribution in [1.82, 2.24) is 4.98 Å². The predicted molar refractivity (Wildman–Crippen MR) is 72.7 cm³/mol. The summed E-state index contributed by atoms with van der Waals surface area (Å²) in [6.45, 7) is 1.91. The number of pyridine rings is 1. The topological polar surface area (TPSA) is 71.9 Å². The smallest absolute Gasteiger partial charge is 0.219 e. The van der Waals surface area contributed by atoms with Gasteiger partial charge in [-0.1, -0.05) is 18.2 Å². The third kappa shape index (κ3) is 3.54. The molecule has 19 heavy (non-hydrogen) atoms. The first kappa shape index (κ1) is 13.1. The molecule has 1 unspecified atom stereocenters. The molecule has 4 heteroatoms. The Labute approximate surface area is 112 Å². The zero-order valence-electron chi connectivity index (χ0n) is 10.7. The molecule has 4 nitrogen and oxygen atoms in total. The Balaban J connectivity index is 2.06. The summed E-state index contributed by atoms with van der Waals surface area (Å²) in [4.78, 5) is 4.20. The third-order valence-corrected chi connectivity index (χ3v) is 2.71. The minimum atomic E-state index is -0.0354. The van der Waals surface area contributed by atoms with Crippen LogP contribution >= 0.6 is 0 Å². The molecule has 2 N–H and O–H groups in total. The lowest BCUT2D eigenvalue weighted by molar-refractivity contribution is 0.462. The molecule has 0 radical (unpaired) electrons. The maximum absolute atomic E-state index is 8.59. The molecule has 1 aromatic carbocycles. The van der Waals surface area contributed by atoms with Gasteiger partial charge in [-0.3, -0.25) is 0 Å². The van der Waals surface area contributed by atoms with E-state index in [2.05, 4.69) is 11.1 Å². The second kappa shape index (κ2) is 5.98. The Morgan fingerprint density at radius 3 is 2.53 bits per heavy atom. The largest absolute Gasteiger partial charge is 0.439 e. The summed E-state index contributed by atoms with van der Waals surface area (Å²) in [6, 6.07) is 13.2. The fourth-order valence-corrected chi connectivity index (χ4v) is 1.61. The molecule has 2 aromatic rings. The Kier molecular flexibility index (Phi) is 4.11. The van der Waals surface area contributed by atoms with E-state index in [1.54, 1.807) is 12.3 Å². The first-order valence-electron chi connectivity index (χ1n) is 6.04. The number of nitrogens with two attached hydrogens (primary N) is 1. The normalized spacial score (nSPS) is 11.6. The van der Waals surface area contributed by atoms with Gasteiger partial charge in [-0.15, -0.1) is 0 Å². The van der Waals surface area contributed by atoms with E-state index in [0.717, 1.165) is 11.1 Å². The van der Waals surface area contributed by atoms with Crippen LogP contribution in [0.15, 0.2) is 42.6 Å². The van der Waals surface area contributed by atoms with E-state index in [4.69, 9.17) is 15.7 Å². The molecule has 1 aromatic heterocycles. The SMILES string of the molecule is CC(N)c1ccc(Oc2ccc(CC#N)cc2)nc1. The average molecular weight is 253 g/mol. The Bertz CT molecular complexity index is 568. The van der Waals surface area contributed by atoms with Crippen LogP contribution in [-0.2, 0) is 6.42 Å². The molecule has 0 saturated carbocycles. The van der Waals surface area contributed by atoms with Crippen LogP contribution in [0.25, 0.3) is 0 Å². The Morgan fingerprint density at radius 1 is 1.26 bits per heavy atom. The van der Waals surface area contributed by atoms with Crippen LogP contribution in [0.5, 0.6) is 11.6 Å². The lowest BCUT2D eigenvalue weighted by Gasteiger charge is -2.07. The molecule has 0 aliphatic rings. The number of hydrogen-bond acceptors (Lipinski definition) is 4. The monoisotopic (exact) mass is 253 g/mol. The highest BCUT2D eigenvalue weighted by molar-refractivity contribution is 5.32. The van der Waals surface area contributed by atoms with E-state index < -0.39 is 0 Å². The summed E-state index contributed by atoms with van der Waals surface area (Å²) in [5.41, 5.74) is 7.69. The van der Waals surface area contributed by atoms with Crippen molar-refractivity contribution in [1.29, 1.82) is 5.26 Å². The summed E-state index contributed by atoms with van der Waals surface area (Å²) in [7, 11) is 0. The zero-order valence-corrected chi connectivity index (χ0v) is 10.7. The fraction of sp³-hybridized carbons (Fsp3) is 0.200. The van der Waals surface area contributed by atoms with Crippen LogP contribution in [-0.4, -0.2) is 4.98 Å². The molecule has 0 fully saturated rings. The van der Waals surface area contributed by atoms with Crippen molar-refractivity contribution in [3.63, 3.8) is 0 Å².